The summed E-state index contributed by atoms with van der Waals surface area (Å²) >= 11 is 0. The Labute approximate surface area is 184 Å². The number of hydrogen-bond donors (Lipinski definition) is 2. The van der Waals surface area contributed by atoms with Gasteiger partial charge < -0.3 is 5.11 Å². The highest BCUT2D eigenvalue weighted by molar-refractivity contribution is 7.93. The van der Waals surface area contributed by atoms with Crippen LogP contribution in [0.25, 0.3) is 10.9 Å². The van der Waals surface area contributed by atoms with Crippen molar-refractivity contribution < 1.29 is 18.3 Å². The molecule has 4 aromatic rings. The minimum Gasteiger partial charge on any atom is -0.477 e. The van der Waals surface area contributed by atoms with E-state index in [1.165, 1.54) is 12.3 Å². The van der Waals surface area contributed by atoms with E-state index >= 15 is 0 Å². The number of rotatable bonds is 4. The molecule has 0 radical (unpaired) electrons. The number of aromatic nitrogens is 2. The number of pyridine rings is 2. The van der Waals surface area contributed by atoms with Crippen molar-refractivity contribution in [3.63, 3.8) is 0 Å². The minimum absolute atomic E-state index is 0.0348. The van der Waals surface area contributed by atoms with Crippen LogP contribution in [-0.4, -0.2) is 29.5 Å². The molecule has 0 aliphatic heterocycles. The summed E-state index contributed by atoms with van der Waals surface area (Å²) in [5.41, 5.74) is 2.13. The Morgan fingerprint density at radius 2 is 1.78 bits per heavy atom. The van der Waals surface area contributed by atoms with Crippen LogP contribution >= 0.6 is 0 Å². The van der Waals surface area contributed by atoms with Crippen LogP contribution in [0.3, 0.4) is 0 Å². The smallest absolute Gasteiger partial charge is 0.354 e. The monoisotopic (exact) mass is 443 g/mol. The lowest BCUT2D eigenvalue weighted by molar-refractivity contribution is 0.0689. The average Bonchev–Trinajstić information content (AvgIpc) is 2.77. The molecule has 8 heteroatoms. The van der Waals surface area contributed by atoms with Crippen molar-refractivity contribution >= 4 is 32.6 Å². The minimum atomic E-state index is -3.93. The van der Waals surface area contributed by atoms with E-state index in [1.54, 1.807) is 67.7 Å². The zero-order valence-corrected chi connectivity index (χ0v) is 17.7. The first-order chi connectivity index (χ1) is 15.3. The summed E-state index contributed by atoms with van der Waals surface area (Å²) in [6.07, 6.45) is 2.92. The summed E-state index contributed by atoms with van der Waals surface area (Å²) in [5.74, 6) is 4.74. The number of hydrogen-bond acceptors (Lipinski definition) is 5. The number of anilines is 1. The Morgan fingerprint density at radius 1 is 1.00 bits per heavy atom. The molecule has 158 valence electrons. The van der Waals surface area contributed by atoms with Crippen LogP contribution < -0.4 is 4.72 Å². The fourth-order valence-electron chi connectivity index (χ4n) is 3.18. The number of nitrogens with one attached hydrogen (secondary N) is 1. The number of benzene rings is 2. The SMILES string of the molecule is Cc1cc(C#Cc2ccccc2NS(=O)(=O)c2cccc3cccnc23)cnc1C(=O)O. The Kier molecular flexibility index (Phi) is 5.58. The molecule has 0 atom stereocenters. The maximum atomic E-state index is 13.1. The van der Waals surface area contributed by atoms with Gasteiger partial charge in [-0.05, 0) is 42.8 Å². The fraction of sp³-hybridized carbons (Fsp3) is 0.0417. The number of nitrogens with zero attached hydrogens (tertiary/aromatic N) is 2. The van der Waals surface area contributed by atoms with Gasteiger partial charge in [-0.1, -0.05) is 42.2 Å². The molecule has 4 rings (SSSR count). The number of aromatic carboxylic acids is 1. The molecule has 7 nitrogen and oxygen atoms in total. The van der Waals surface area contributed by atoms with Crippen molar-refractivity contribution in [3.05, 3.63) is 95.4 Å². The molecule has 2 heterocycles. The van der Waals surface area contributed by atoms with Gasteiger partial charge in [0.2, 0.25) is 0 Å². The Balaban J connectivity index is 1.69. The molecule has 0 unspecified atom stereocenters. The third kappa shape index (κ3) is 4.29. The first-order valence-corrected chi connectivity index (χ1v) is 11.0. The number of aryl methyl sites for hydroxylation is 1. The van der Waals surface area contributed by atoms with Crippen molar-refractivity contribution in [2.24, 2.45) is 0 Å². The van der Waals surface area contributed by atoms with Gasteiger partial charge in [-0.3, -0.25) is 9.71 Å². The van der Waals surface area contributed by atoms with E-state index in [0.29, 0.717) is 27.9 Å². The van der Waals surface area contributed by atoms with Gasteiger partial charge in [0.15, 0.2) is 5.69 Å². The van der Waals surface area contributed by atoms with E-state index < -0.39 is 16.0 Å². The molecule has 2 aromatic carbocycles. The fourth-order valence-corrected chi connectivity index (χ4v) is 4.44. The first-order valence-electron chi connectivity index (χ1n) is 9.53. The van der Waals surface area contributed by atoms with Gasteiger partial charge in [-0.25, -0.2) is 18.2 Å². The molecule has 0 saturated heterocycles. The predicted molar refractivity (Wildman–Crippen MR) is 121 cm³/mol. The average molecular weight is 443 g/mol. The molecule has 2 aromatic heterocycles. The van der Waals surface area contributed by atoms with Gasteiger partial charge in [0.25, 0.3) is 10.0 Å². The van der Waals surface area contributed by atoms with Crippen molar-refractivity contribution in [3.8, 4) is 11.8 Å². The van der Waals surface area contributed by atoms with Gasteiger partial charge in [0, 0.05) is 28.9 Å². The van der Waals surface area contributed by atoms with Gasteiger partial charge in [0.05, 0.1) is 11.2 Å². The van der Waals surface area contributed by atoms with Crippen molar-refractivity contribution in [1.82, 2.24) is 9.97 Å². The van der Waals surface area contributed by atoms with Crippen LogP contribution in [-0.2, 0) is 10.0 Å². The third-order valence-electron chi connectivity index (χ3n) is 4.68. The van der Waals surface area contributed by atoms with E-state index in [-0.39, 0.29) is 10.6 Å². The van der Waals surface area contributed by atoms with E-state index in [9.17, 15) is 13.2 Å². The molecule has 0 fully saturated rings. The topological polar surface area (TPSA) is 109 Å². The number of carboxylic acid groups (broad SMARTS) is 1. The van der Waals surface area contributed by atoms with Crippen LogP contribution in [0.1, 0.15) is 27.2 Å². The molecule has 0 amide bonds. The van der Waals surface area contributed by atoms with E-state index in [0.717, 1.165) is 5.39 Å². The van der Waals surface area contributed by atoms with Crippen molar-refractivity contribution in [2.75, 3.05) is 4.72 Å². The van der Waals surface area contributed by atoms with Gasteiger partial charge in [0.1, 0.15) is 4.90 Å². The molecule has 2 N–H and O–H groups in total. The van der Waals surface area contributed by atoms with Crippen LogP contribution in [0.5, 0.6) is 0 Å². The van der Waals surface area contributed by atoms with Crippen LogP contribution in [0.15, 0.2) is 78.0 Å². The maximum Gasteiger partial charge on any atom is 0.354 e. The molecule has 0 aliphatic carbocycles. The lowest BCUT2D eigenvalue weighted by Crippen LogP contribution is -2.14. The van der Waals surface area contributed by atoms with Crippen LogP contribution in [0.2, 0.25) is 0 Å². The van der Waals surface area contributed by atoms with Crippen LogP contribution in [0, 0.1) is 18.8 Å². The second-order valence-electron chi connectivity index (χ2n) is 6.93. The second-order valence-corrected chi connectivity index (χ2v) is 8.58. The summed E-state index contributed by atoms with van der Waals surface area (Å²) in [6.45, 7) is 1.64. The lowest BCUT2D eigenvalue weighted by Gasteiger charge is -2.11. The van der Waals surface area contributed by atoms with Crippen molar-refractivity contribution in [2.45, 2.75) is 11.8 Å². The predicted octanol–water partition coefficient (Wildman–Crippen LogP) is 3.84. The highest BCUT2D eigenvalue weighted by atomic mass is 32.2. The first kappa shape index (κ1) is 21.0. The summed E-state index contributed by atoms with van der Waals surface area (Å²) in [5, 5.41) is 9.82. The normalized spacial score (nSPS) is 10.9. The summed E-state index contributed by atoms with van der Waals surface area (Å²) in [6, 6.07) is 16.9. The molecule has 0 bridgehead atoms. The second kappa shape index (κ2) is 8.49. The zero-order valence-electron chi connectivity index (χ0n) is 16.9. The number of fused-ring (bicyclic) bond motifs is 1. The number of carboxylic acids is 1. The Morgan fingerprint density at radius 3 is 2.56 bits per heavy atom. The zero-order chi connectivity index (χ0) is 22.7. The number of carbonyl (C=O) groups is 1. The summed E-state index contributed by atoms with van der Waals surface area (Å²) < 4.78 is 28.8. The van der Waals surface area contributed by atoms with Crippen molar-refractivity contribution in [1.29, 1.82) is 0 Å². The van der Waals surface area contributed by atoms with E-state index in [4.69, 9.17) is 5.11 Å². The molecular formula is C24H17N3O4S. The summed E-state index contributed by atoms with van der Waals surface area (Å²) in [7, 11) is -3.93. The highest BCUT2D eigenvalue weighted by Gasteiger charge is 2.19. The molecular weight excluding hydrogens is 426 g/mol. The molecule has 0 aliphatic rings. The maximum absolute atomic E-state index is 13.1. The Hall–Kier alpha value is -4.22. The lowest BCUT2D eigenvalue weighted by atomic mass is 10.1. The largest absolute Gasteiger partial charge is 0.477 e. The molecule has 32 heavy (non-hydrogen) atoms. The number of para-hydroxylation sites is 2. The standard InChI is InChI=1S/C24H17N3O4S/c1-16-14-17(15-26-22(16)24(28)29)11-12-18-6-2-3-9-20(18)27-32(30,31)21-10-4-7-19-8-5-13-25-23(19)21/h2-10,13-15,27H,1H3,(H,28,29). The molecule has 0 spiro atoms. The van der Waals surface area contributed by atoms with Gasteiger partial charge in [-0.15, -0.1) is 0 Å². The molecule has 0 saturated carbocycles. The Bertz CT molecular complexity index is 1510. The van der Waals surface area contributed by atoms with Gasteiger partial charge in [-0.2, -0.15) is 0 Å². The quantitative estimate of drug-likeness (QED) is 0.464. The van der Waals surface area contributed by atoms with Gasteiger partial charge >= 0.3 is 5.97 Å². The highest BCUT2D eigenvalue weighted by Crippen LogP contribution is 2.24. The number of sulfonamides is 1. The summed E-state index contributed by atoms with van der Waals surface area (Å²) in [4.78, 5) is 19.3. The third-order valence-corrected chi connectivity index (χ3v) is 6.08. The van der Waals surface area contributed by atoms with E-state index in [2.05, 4.69) is 26.5 Å². The van der Waals surface area contributed by atoms with E-state index in [1.807, 2.05) is 0 Å². The van der Waals surface area contributed by atoms with Crippen LogP contribution in [0.4, 0.5) is 5.69 Å².